The minimum atomic E-state index is -0.153. The Bertz CT molecular complexity index is 562. The van der Waals surface area contributed by atoms with Gasteiger partial charge in [-0.2, -0.15) is 0 Å². The Morgan fingerprint density at radius 3 is 2.08 bits per heavy atom. The second-order valence-electron chi connectivity index (χ2n) is 6.61. The van der Waals surface area contributed by atoms with E-state index in [1.54, 1.807) is 0 Å². The molecule has 2 aliphatic heterocycles. The fourth-order valence-electron chi connectivity index (χ4n) is 3.71. The average molecular weight is 331 g/mol. The maximum Gasteiger partial charge on any atom is 0.319 e. The normalized spacial score (nSPS) is 20.0. The molecule has 0 radical (unpaired) electrons. The number of hydrogen-bond donors (Lipinski definition) is 0. The molecule has 0 spiro atoms. The first-order valence-corrected chi connectivity index (χ1v) is 8.70. The predicted molar refractivity (Wildman–Crippen MR) is 89.5 cm³/mol. The number of carbonyl (C=O) groups excluding carboxylic acids is 2. The van der Waals surface area contributed by atoms with Crippen LogP contribution in [0.3, 0.4) is 0 Å². The number of esters is 1. The summed E-state index contributed by atoms with van der Waals surface area (Å²) in [7, 11) is 1.42. The van der Waals surface area contributed by atoms with E-state index in [9.17, 15) is 9.59 Å². The highest BCUT2D eigenvalue weighted by Gasteiger charge is 2.31. The van der Waals surface area contributed by atoms with Gasteiger partial charge in [-0.3, -0.25) is 9.78 Å². The van der Waals surface area contributed by atoms with Crippen molar-refractivity contribution in [1.82, 2.24) is 14.8 Å². The number of urea groups is 1. The first-order valence-electron chi connectivity index (χ1n) is 8.70. The van der Waals surface area contributed by atoms with Crippen LogP contribution in [0.2, 0.25) is 0 Å². The molecular formula is C18H25N3O3. The van der Waals surface area contributed by atoms with Gasteiger partial charge in [-0.25, -0.2) is 4.79 Å². The summed E-state index contributed by atoms with van der Waals surface area (Å²) in [6, 6.07) is 4.26. The molecule has 2 saturated heterocycles. The number of aromatic nitrogens is 1. The van der Waals surface area contributed by atoms with Crippen LogP contribution in [0.15, 0.2) is 24.5 Å². The number of pyridine rings is 1. The van der Waals surface area contributed by atoms with Crippen LogP contribution in [0, 0.1) is 5.92 Å². The summed E-state index contributed by atoms with van der Waals surface area (Å²) in [5.74, 6) is 0.304. The van der Waals surface area contributed by atoms with E-state index in [0.717, 1.165) is 25.9 Å². The highest BCUT2D eigenvalue weighted by Crippen LogP contribution is 2.28. The van der Waals surface area contributed by atoms with Crippen LogP contribution in [0.25, 0.3) is 0 Å². The summed E-state index contributed by atoms with van der Waals surface area (Å²) in [6.07, 6.45) is 7.05. The third-order valence-electron chi connectivity index (χ3n) is 5.24. The van der Waals surface area contributed by atoms with E-state index in [1.807, 2.05) is 22.2 Å². The SMILES string of the molecule is COC(=O)C1CCN(C(=O)N2CCC(c3ccncc3)CC2)CC1. The second-order valence-corrected chi connectivity index (χ2v) is 6.61. The molecule has 0 N–H and O–H groups in total. The van der Waals surface area contributed by atoms with Gasteiger partial charge >= 0.3 is 12.0 Å². The minimum Gasteiger partial charge on any atom is -0.469 e. The van der Waals surface area contributed by atoms with Gasteiger partial charge in [0, 0.05) is 38.6 Å². The summed E-state index contributed by atoms with van der Waals surface area (Å²) < 4.78 is 4.80. The van der Waals surface area contributed by atoms with E-state index in [0.29, 0.717) is 31.8 Å². The standard InChI is InChI=1S/C18H25N3O3/c1-24-17(22)16-6-12-21(13-7-16)18(23)20-10-4-15(5-11-20)14-2-8-19-9-3-14/h2-3,8-9,15-16H,4-7,10-13H2,1H3. The fourth-order valence-corrected chi connectivity index (χ4v) is 3.71. The van der Waals surface area contributed by atoms with Gasteiger partial charge in [-0.15, -0.1) is 0 Å². The Balaban J connectivity index is 1.48. The molecule has 130 valence electrons. The van der Waals surface area contributed by atoms with Gasteiger partial charge in [0.2, 0.25) is 0 Å². The van der Waals surface area contributed by atoms with Crippen LogP contribution < -0.4 is 0 Å². The Labute approximate surface area is 142 Å². The van der Waals surface area contributed by atoms with Gasteiger partial charge in [0.15, 0.2) is 0 Å². The van der Waals surface area contributed by atoms with Crippen molar-refractivity contribution < 1.29 is 14.3 Å². The third kappa shape index (κ3) is 3.68. The molecule has 2 aliphatic rings. The van der Waals surface area contributed by atoms with Gasteiger partial charge < -0.3 is 14.5 Å². The number of likely N-dealkylation sites (tertiary alicyclic amines) is 2. The average Bonchev–Trinajstić information content (AvgIpc) is 2.68. The lowest BCUT2D eigenvalue weighted by atomic mass is 9.90. The van der Waals surface area contributed by atoms with Crippen LogP contribution >= 0.6 is 0 Å². The van der Waals surface area contributed by atoms with Gasteiger partial charge in [-0.05, 0) is 49.3 Å². The number of carbonyl (C=O) groups is 2. The van der Waals surface area contributed by atoms with Crippen molar-refractivity contribution in [3.8, 4) is 0 Å². The Morgan fingerprint density at radius 1 is 1.00 bits per heavy atom. The van der Waals surface area contributed by atoms with Gasteiger partial charge in [0.05, 0.1) is 13.0 Å². The molecule has 0 bridgehead atoms. The number of nitrogens with zero attached hydrogens (tertiary/aromatic N) is 3. The molecule has 0 aromatic carbocycles. The number of amides is 2. The summed E-state index contributed by atoms with van der Waals surface area (Å²) in [6.45, 7) is 2.87. The molecule has 0 saturated carbocycles. The Hall–Kier alpha value is -2.11. The molecule has 2 fully saturated rings. The first-order chi connectivity index (χ1) is 11.7. The largest absolute Gasteiger partial charge is 0.469 e. The molecule has 3 rings (SSSR count). The molecule has 0 atom stereocenters. The molecule has 1 aromatic rings. The van der Waals surface area contributed by atoms with Gasteiger partial charge in [-0.1, -0.05) is 0 Å². The van der Waals surface area contributed by atoms with Crippen molar-refractivity contribution in [1.29, 1.82) is 0 Å². The maximum absolute atomic E-state index is 12.7. The highest BCUT2D eigenvalue weighted by molar-refractivity contribution is 5.76. The quantitative estimate of drug-likeness (QED) is 0.780. The lowest BCUT2D eigenvalue weighted by Crippen LogP contribution is -2.49. The van der Waals surface area contributed by atoms with Gasteiger partial charge in [0.1, 0.15) is 0 Å². The molecule has 0 unspecified atom stereocenters. The number of rotatable bonds is 2. The zero-order chi connectivity index (χ0) is 16.9. The lowest BCUT2D eigenvalue weighted by Gasteiger charge is -2.38. The fraction of sp³-hybridized carbons (Fsp3) is 0.611. The van der Waals surface area contributed by atoms with Crippen molar-refractivity contribution in [3.63, 3.8) is 0 Å². The van der Waals surface area contributed by atoms with Crippen LogP contribution in [-0.4, -0.2) is 60.1 Å². The smallest absolute Gasteiger partial charge is 0.319 e. The Morgan fingerprint density at radius 2 is 1.54 bits per heavy atom. The zero-order valence-corrected chi connectivity index (χ0v) is 14.2. The van der Waals surface area contributed by atoms with Crippen molar-refractivity contribution in [2.45, 2.75) is 31.6 Å². The van der Waals surface area contributed by atoms with Crippen molar-refractivity contribution >= 4 is 12.0 Å². The molecule has 0 aliphatic carbocycles. The monoisotopic (exact) mass is 331 g/mol. The van der Waals surface area contributed by atoms with Crippen LogP contribution in [0.5, 0.6) is 0 Å². The van der Waals surface area contributed by atoms with Gasteiger partial charge in [0.25, 0.3) is 0 Å². The van der Waals surface area contributed by atoms with Crippen molar-refractivity contribution in [2.75, 3.05) is 33.3 Å². The maximum atomic E-state index is 12.7. The predicted octanol–water partition coefficient (Wildman–Crippen LogP) is 2.27. The van der Waals surface area contributed by atoms with E-state index in [4.69, 9.17) is 4.74 Å². The van der Waals surface area contributed by atoms with Crippen LogP contribution in [-0.2, 0) is 9.53 Å². The Kier molecular flexibility index (Phi) is 5.33. The number of hydrogen-bond acceptors (Lipinski definition) is 4. The molecule has 6 heteroatoms. The summed E-state index contributed by atoms with van der Waals surface area (Å²) in [4.78, 5) is 32.1. The van der Waals surface area contributed by atoms with Crippen molar-refractivity contribution in [2.24, 2.45) is 5.92 Å². The molecule has 2 amide bonds. The second kappa shape index (κ2) is 7.64. The van der Waals surface area contributed by atoms with Crippen LogP contribution in [0.4, 0.5) is 4.79 Å². The van der Waals surface area contributed by atoms with E-state index < -0.39 is 0 Å². The number of methoxy groups -OCH3 is 1. The van der Waals surface area contributed by atoms with Crippen LogP contribution in [0.1, 0.15) is 37.2 Å². The summed E-state index contributed by atoms with van der Waals surface area (Å²) in [5, 5.41) is 0. The van der Waals surface area contributed by atoms with E-state index in [1.165, 1.54) is 12.7 Å². The van der Waals surface area contributed by atoms with Crippen molar-refractivity contribution in [3.05, 3.63) is 30.1 Å². The third-order valence-corrected chi connectivity index (χ3v) is 5.24. The summed E-state index contributed by atoms with van der Waals surface area (Å²) in [5.41, 5.74) is 1.32. The summed E-state index contributed by atoms with van der Waals surface area (Å²) >= 11 is 0. The lowest BCUT2D eigenvalue weighted by molar-refractivity contribution is -0.146. The molecule has 3 heterocycles. The molecule has 6 nitrogen and oxygen atoms in total. The topological polar surface area (TPSA) is 62.7 Å². The molecule has 24 heavy (non-hydrogen) atoms. The highest BCUT2D eigenvalue weighted by atomic mass is 16.5. The van der Waals surface area contributed by atoms with E-state index >= 15 is 0 Å². The molecule has 1 aromatic heterocycles. The first kappa shape index (κ1) is 16.7. The number of ether oxygens (including phenoxy) is 1. The van der Waals surface area contributed by atoms with E-state index in [2.05, 4.69) is 17.1 Å². The zero-order valence-electron chi connectivity index (χ0n) is 14.2. The minimum absolute atomic E-state index is 0.0588. The number of piperidine rings is 2. The molecular weight excluding hydrogens is 306 g/mol. The van der Waals surface area contributed by atoms with E-state index in [-0.39, 0.29) is 17.9 Å².